The van der Waals surface area contributed by atoms with Crippen LogP contribution in [0, 0.1) is 0 Å². The minimum absolute atomic E-state index is 0.0913. The van der Waals surface area contributed by atoms with Crippen LogP contribution in [0.2, 0.25) is 5.02 Å². The molecule has 0 saturated carbocycles. The number of carbonyl (C=O) groups excluding carboxylic acids is 1. The molecular weight excluding hydrogens is 332 g/mol. The summed E-state index contributed by atoms with van der Waals surface area (Å²) in [6.45, 7) is 4.71. The number of halogens is 1. The van der Waals surface area contributed by atoms with E-state index < -0.39 is 0 Å². The summed E-state index contributed by atoms with van der Waals surface area (Å²) in [5, 5.41) is 0.614. The predicted molar refractivity (Wildman–Crippen MR) is 103 cm³/mol. The van der Waals surface area contributed by atoms with Crippen molar-refractivity contribution in [3.63, 3.8) is 0 Å². The monoisotopic (exact) mass is 356 g/mol. The highest BCUT2D eigenvalue weighted by atomic mass is 35.5. The van der Waals surface area contributed by atoms with E-state index in [0.29, 0.717) is 10.6 Å². The smallest absolute Gasteiger partial charge is 0.253 e. The van der Waals surface area contributed by atoms with E-state index in [9.17, 15) is 4.79 Å². The molecule has 4 heteroatoms. The Balaban J connectivity index is 1.48. The zero-order valence-electron chi connectivity index (χ0n) is 14.5. The van der Waals surface area contributed by atoms with Crippen LogP contribution >= 0.6 is 11.6 Å². The van der Waals surface area contributed by atoms with Crippen LogP contribution in [-0.2, 0) is 6.42 Å². The van der Waals surface area contributed by atoms with Crippen LogP contribution < -0.4 is 0 Å². The van der Waals surface area contributed by atoms with Crippen LogP contribution in [0.15, 0.2) is 54.6 Å². The van der Waals surface area contributed by atoms with Gasteiger partial charge >= 0.3 is 0 Å². The standard InChI is InChI=1S/C21H25ClN2O/c22-20-11-4-10-19(17-20)21(25)24-14-6-13-23(15-16-24)12-5-9-18-7-2-1-3-8-18/h1-4,7-8,10-11,17H,5-6,9,12-16H2. The Morgan fingerprint density at radius 1 is 0.960 bits per heavy atom. The molecule has 3 nitrogen and oxygen atoms in total. The fourth-order valence-corrected chi connectivity index (χ4v) is 3.54. The van der Waals surface area contributed by atoms with Crippen molar-refractivity contribution in [1.82, 2.24) is 9.80 Å². The van der Waals surface area contributed by atoms with E-state index in [1.807, 2.05) is 17.0 Å². The Labute approximate surface area is 155 Å². The zero-order valence-corrected chi connectivity index (χ0v) is 15.3. The molecule has 3 rings (SSSR count). The van der Waals surface area contributed by atoms with Crippen molar-refractivity contribution in [2.75, 3.05) is 32.7 Å². The van der Waals surface area contributed by atoms with Gasteiger partial charge in [-0.05, 0) is 56.1 Å². The molecule has 0 radical (unpaired) electrons. The van der Waals surface area contributed by atoms with Crippen LogP contribution in [-0.4, -0.2) is 48.4 Å². The first-order valence-electron chi connectivity index (χ1n) is 9.03. The van der Waals surface area contributed by atoms with Crippen molar-refractivity contribution in [2.24, 2.45) is 0 Å². The third kappa shape index (κ3) is 5.32. The van der Waals surface area contributed by atoms with E-state index in [1.54, 1.807) is 12.1 Å². The second-order valence-corrected chi connectivity index (χ2v) is 7.02. The van der Waals surface area contributed by atoms with E-state index in [2.05, 4.69) is 35.2 Å². The van der Waals surface area contributed by atoms with Gasteiger partial charge in [0.2, 0.25) is 0 Å². The van der Waals surface area contributed by atoms with E-state index in [-0.39, 0.29) is 5.91 Å². The zero-order chi connectivity index (χ0) is 17.5. The van der Waals surface area contributed by atoms with Gasteiger partial charge in [0.05, 0.1) is 0 Å². The highest BCUT2D eigenvalue weighted by Crippen LogP contribution is 2.14. The fraction of sp³-hybridized carbons (Fsp3) is 0.381. The second kappa shape index (κ2) is 9.02. The summed E-state index contributed by atoms with van der Waals surface area (Å²) in [7, 11) is 0. The van der Waals surface area contributed by atoms with E-state index in [4.69, 9.17) is 11.6 Å². The topological polar surface area (TPSA) is 23.6 Å². The summed E-state index contributed by atoms with van der Waals surface area (Å²) >= 11 is 6.01. The predicted octanol–water partition coefficient (Wildman–Crippen LogP) is 4.12. The van der Waals surface area contributed by atoms with Crippen molar-refractivity contribution in [3.8, 4) is 0 Å². The molecule has 0 atom stereocenters. The highest BCUT2D eigenvalue weighted by Gasteiger charge is 2.20. The first-order valence-corrected chi connectivity index (χ1v) is 9.41. The number of amides is 1. The molecule has 0 N–H and O–H groups in total. The number of nitrogens with zero attached hydrogens (tertiary/aromatic N) is 2. The summed E-state index contributed by atoms with van der Waals surface area (Å²) in [6.07, 6.45) is 3.30. The molecule has 0 unspecified atom stereocenters. The number of carbonyl (C=O) groups is 1. The number of aryl methyl sites for hydroxylation is 1. The maximum Gasteiger partial charge on any atom is 0.253 e. The molecule has 2 aromatic carbocycles. The molecule has 132 valence electrons. The highest BCUT2D eigenvalue weighted by molar-refractivity contribution is 6.30. The molecule has 1 saturated heterocycles. The normalized spacial score (nSPS) is 15.8. The minimum Gasteiger partial charge on any atom is -0.337 e. The van der Waals surface area contributed by atoms with E-state index in [0.717, 1.165) is 52.0 Å². The van der Waals surface area contributed by atoms with Gasteiger partial charge in [-0.1, -0.05) is 48.0 Å². The van der Waals surface area contributed by atoms with Gasteiger partial charge in [-0.15, -0.1) is 0 Å². The largest absolute Gasteiger partial charge is 0.337 e. The summed E-state index contributed by atoms with van der Waals surface area (Å²) in [6, 6.07) is 17.9. The second-order valence-electron chi connectivity index (χ2n) is 6.59. The number of hydrogen-bond acceptors (Lipinski definition) is 2. The van der Waals surface area contributed by atoms with E-state index in [1.165, 1.54) is 5.56 Å². The lowest BCUT2D eigenvalue weighted by atomic mass is 10.1. The molecule has 1 fully saturated rings. The fourth-order valence-electron chi connectivity index (χ4n) is 3.35. The van der Waals surface area contributed by atoms with Gasteiger partial charge < -0.3 is 9.80 Å². The van der Waals surface area contributed by atoms with Crippen molar-refractivity contribution in [2.45, 2.75) is 19.3 Å². The molecule has 0 aromatic heterocycles. The summed E-state index contributed by atoms with van der Waals surface area (Å²) in [4.78, 5) is 17.1. The lowest BCUT2D eigenvalue weighted by Gasteiger charge is -2.22. The Bertz CT molecular complexity index is 689. The first-order chi connectivity index (χ1) is 12.2. The Hall–Kier alpha value is -1.84. The quantitative estimate of drug-likeness (QED) is 0.804. The molecule has 25 heavy (non-hydrogen) atoms. The molecular formula is C21H25ClN2O. The molecule has 0 aliphatic carbocycles. The van der Waals surface area contributed by atoms with Gasteiger partial charge in [-0.3, -0.25) is 4.79 Å². The number of rotatable bonds is 5. The van der Waals surface area contributed by atoms with Gasteiger partial charge in [0.15, 0.2) is 0 Å². The molecule has 0 bridgehead atoms. The SMILES string of the molecule is O=C(c1cccc(Cl)c1)N1CCCN(CCCc2ccccc2)CC1. The van der Waals surface area contributed by atoms with Crippen LogP contribution in [0.3, 0.4) is 0 Å². The van der Waals surface area contributed by atoms with Gasteiger partial charge in [0, 0.05) is 30.2 Å². The van der Waals surface area contributed by atoms with Crippen molar-refractivity contribution in [3.05, 3.63) is 70.7 Å². The maximum atomic E-state index is 12.7. The third-order valence-corrected chi connectivity index (χ3v) is 4.97. The van der Waals surface area contributed by atoms with Gasteiger partial charge in [-0.25, -0.2) is 0 Å². The minimum atomic E-state index is 0.0913. The maximum absolute atomic E-state index is 12.7. The molecule has 1 aliphatic rings. The van der Waals surface area contributed by atoms with Gasteiger partial charge in [-0.2, -0.15) is 0 Å². The average molecular weight is 357 g/mol. The van der Waals surface area contributed by atoms with Crippen molar-refractivity contribution >= 4 is 17.5 Å². The number of hydrogen-bond donors (Lipinski definition) is 0. The molecule has 2 aromatic rings. The molecule has 1 aliphatic heterocycles. The molecule has 1 heterocycles. The first kappa shape index (κ1) is 18.0. The summed E-state index contributed by atoms with van der Waals surface area (Å²) in [5.41, 5.74) is 2.08. The Morgan fingerprint density at radius 2 is 1.80 bits per heavy atom. The van der Waals surface area contributed by atoms with Gasteiger partial charge in [0.25, 0.3) is 5.91 Å². The van der Waals surface area contributed by atoms with Crippen LogP contribution in [0.4, 0.5) is 0 Å². The van der Waals surface area contributed by atoms with Crippen molar-refractivity contribution < 1.29 is 4.79 Å². The third-order valence-electron chi connectivity index (χ3n) is 4.73. The van der Waals surface area contributed by atoms with Crippen molar-refractivity contribution in [1.29, 1.82) is 0 Å². The van der Waals surface area contributed by atoms with Gasteiger partial charge in [0.1, 0.15) is 0 Å². The Morgan fingerprint density at radius 3 is 2.60 bits per heavy atom. The molecule has 1 amide bonds. The van der Waals surface area contributed by atoms with E-state index >= 15 is 0 Å². The van der Waals surface area contributed by atoms with Crippen LogP contribution in [0.25, 0.3) is 0 Å². The lowest BCUT2D eigenvalue weighted by Crippen LogP contribution is -2.35. The lowest BCUT2D eigenvalue weighted by molar-refractivity contribution is 0.0761. The Kier molecular flexibility index (Phi) is 6.48. The molecule has 0 spiro atoms. The average Bonchev–Trinajstić information content (AvgIpc) is 2.88. The van der Waals surface area contributed by atoms with Crippen LogP contribution in [0.5, 0.6) is 0 Å². The van der Waals surface area contributed by atoms with Crippen LogP contribution in [0.1, 0.15) is 28.8 Å². The number of benzene rings is 2. The summed E-state index contributed by atoms with van der Waals surface area (Å²) in [5.74, 6) is 0.0913. The summed E-state index contributed by atoms with van der Waals surface area (Å²) < 4.78 is 0.